The van der Waals surface area contributed by atoms with Crippen LogP contribution in [0.2, 0.25) is 0 Å². The molecule has 1 fully saturated rings. The first-order valence-corrected chi connectivity index (χ1v) is 4.84. The third kappa shape index (κ3) is 1.99. The monoisotopic (exact) mass is 193 g/mol. The second-order valence-electron chi connectivity index (χ2n) is 3.65. The molecule has 76 valence electrons. The van der Waals surface area contributed by atoms with Crippen molar-refractivity contribution in [3.8, 4) is 11.5 Å². The molecule has 0 heterocycles. The largest absolute Gasteiger partial charge is 0.497 e. The summed E-state index contributed by atoms with van der Waals surface area (Å²) in [6.45, 7) is 0. The normalized spacial score (nSPS) is 25.3. The summed E-state index contributed by atoms with van der Waals surface area (Å²) in [6, 6.07) is 7.98. The summed E-state index contributed by atoms with van der Waals surface area (Å²) in [5.74, 6) is 1.69. The molecular formula is C11H15NO2. The molecule has 1 aromatic carbocycles. The van der Waals surface area contributed by atoms with E-state index in [1.54, 1.807) is 7.11 Å². The molecule has 1 aliphatic carbocycles. The second-order valence-corrected chi connectivity index (χ2v) is 3.65. The molecule has 2 N–H and O–H groups in total. The zero-order chi connectivity index (χ0) is 9.97. The van der Waals surface area contributed by atoms with Crippen molar-refractivity contribution >= 4 is 0 Å². The fraction of sp³-hybridized carbons (Fsp3) is 0.455. The fourth-order valence-electron chi connectivity index (χ4n) is 1.57. The molecule has 14 heavy (non-hydrogen) atoms. The predicted molar refractivity (Wildman–Crippen MR) is 54.6 cm³/mol. The minimum absolute atomic E-state index is 0.289. The van der Waals surface area contributed by atoms with Crippen molar-refractivity contribution in [1.82, 2.24) is 0 Å². The smallest absolute Gasteiger partial charge is 0.123 e. The minimum atomic E-state index is 0.289. The average molecular weight is 193 g/mol. The first kappa shape index (κ1) is 9.34. The van der Waals surface area contributed by atoms with Gasteiger partial charge in [-0.1, -0.05) is 6.07 Å². The summed E-state index contributed by atoms with van der Waals surface area (Å²) in [4.78, 5) is 0. The van der Waals surface area contributed by atoms with Crippen LogP contribution in [-0.4, -0.2) is 19.3 Å². The maximum absolute atomic E-state index is 5.70. The first-order valence-electron chi connectivity index (χ1n) is 4.84. The number of nitrogens with two attached hydrogens (primary N) is 1. The average Bonchev–Trinajstić information content (AvgIpc) is 2.16. The Labute approximate surface area is 83.8 Å². The standard InChI is InChI=1S/C11H15NO2/c1-13-9-3-2-4-10(7-9)14-11-5-8(12)6-11/h2-4,7-8,11H,5-6,12H2,1H3. The molecule has 3 heteroatoms. The number of hydrogen-bond donors (Lipinski definition) is 1. The lowest BCUT2D eigenvalue weighted by Gasteiger charge is -2.32. The molecule has 1 aliphatic rings. The third-order valence-electron chi connectivity index (χ3n) is 2.48. The van der Waals surface area contributed by atoms with Gasteiger partial charge in [0.1, 0.15) is 17.6 Å². The first-order chi connectivity index (χ1) is 6.78. The Morgan fingerprint density at radius 2 is 2.00 bits per heavy atom. The van der Waals surface area contributed by atoms with Crippen molar-refractivity contribution < 1.29 is 9.47 Å². The van der Waals surface area contributed by atoms with Gasteiger partial charge in [0.15, 0.2) is 0 Å². The van der Waals surface area contributed by atoms with E-state index in [-0.39, 0.29) is 6.10 Å². The van der Waals surface area contributed by atoms with Crippen LogP contribution < -0.4 is 15.2 Å². The van der Waals surface area contributed by atoms with E-state index in [0.717, 1.165) is 24.3 Å². The lowest BCUT2D eigenvalue weighted by molar-refractivity contribution is 0.101. The highest BCUT2D eigenvalue weighted by Crippen LogP contribution is 2.26. The SMILES string of the molecule is COc1cccc(OC2CC(N)C2)c1. The molecule has 0 aromatic heterocycles. The molecule has 0 aliphatic heterocycles. The summed E-state index contributed by atoms with van der Waals surface area (Å²) in [7, 11) is 1.65. The van der Waals surface area contributed by atoms with E-state index >= 15 is 0 Å². The molecule has 0 unspecified atom stereocenters. The van der Waals surface area contributed by atoms with Crippen molar-refractivity contribution in [1.29, 1.82) is 0 Å². The van der Waals surface area contributed by atoms with Gasteiger partial charge in [0.2, 0.25) is 0 Å². The molecule has 3 nitrogen and oxygen atoms in total. The Hall–Kier alpha value is -1.22. The van der Waals surface area contributed by atoms with Gasteiger partial charge in [-0.15, -0.1) is 0 Å². The summed E-state index contributed by atoms with van der Waals surface area (Å²) in [5, 5.41) is 0. The van der Waals surface area contributed by atoms with Crippen molar-refractivity contribution in [2.45, 2.75) is 25.0 Å². The van der Waals surface area contributed by atoms with Crippen LogP contribution in [-0.2, 0) is 0 Å². The van der Waals surface area contributed by atoms with Crippen molar-refractivity contribution in [3.05, 3.63) is 24.3 Å². The van der Waals surface area contributed by atoms with E-state index in [9.17, 15) is 0 Å². The van der Waals surface area contributed by atoms with Crippen LogP contribution in [0.15, 0.2) is 24.3 Å². The van der Waals surface area contributed by atoms with E-state index < -0.39 is 0 Å². The third-order valence-corrected chi connectivity index (χ3v) is 2.48. The molecule has 1 saturated carbocycles. The van der Waals surface area contributed by atoms with Gasteiger partial charge < -0.3 is 15.2 Å². The summed E-state index contributed by atoms with van der Waals surface area (Å²) in [6.07, 6.45) is 2.20. The highest BCUT2D eigenvalue weighted by molar-refractivity contribution is 5.33. The molecule has 0 spiro atoms. The highest BCUT2D eigenvalue weighted by atomic mass is 16.5. The summed E-state index contributed by atoms with van der Waals surface area (Å²) in [5.41, 5.74) is 5.67. The molecule has 2 rings (SSSR count). The van der Waals surface area contributed by atoms with E-state index in [2.05, 4.69) is 0 Å². The Balaban J connectivity index is 1.95. The topological polar surface area (TPSA) is 44.5 Å². The predicted octanol–water partition coefficient (Wildman–Crippen LogP) is 1.56. The molecular weight excluding hydrogens is 178 g/mol. The van der Waals surface area contributed by atoms with Gasteiger partial charge in [-0.25, -0.2) is 0 Å². The maximum Gasteiger partial charge on any atom is 0.123 e. The van der Waals surface area contributed by atoms with Gasteiger partial charge in [0, 0.05) is 12.1 Å². The second kappa shape index (κ2) is 3.88. The number of rotatable bonds is 3. The van der Waals surface area contributed by atoms with Gasteiger partial charge in [0.25, 0.3) is 0 Å². The van der Waals surface area contributed by atoms with Crippen LogP contribution in [0, 0.1) is 0 Å². The quantitative estimate of drug-likeness (QED) is 0.792. The Morgan fingerprint density at radius 3 is 2.64 bits per heavy atom. The molecule has 1 aromatic rings. The lowest BCUT2D eigenvalue weighted by Crippen LogP contribution is -2.43. The maximum atomic E-state index is 5.70. The number of methoxy groups -OCH3 is 1. The Morgan fingerprint density at radius 1 is 1.29 bits per heavy atom. The number of ether oxygens (including phenoxy) is 2. The number of benzene rings is 1. The molecule has 0 saturated heterocycles. The summed E-state index contributed by atoms with van der Waals surface area (Å²) < 4.78 is 10.8. The molecule has 0 amide bonds. The van der Waals surface area contributed by atoms with Crippen LogP contribution in [0.3, 0.4) is 0 Å². The van der Waals surface area contributed by atoms with Crippen LogP contribution in [0.25, 0.3) is 0 Å². The van der Waals surface area contributed by atoms with E-state index in [1.807, 2.05) is 24.3 Å². The molecule has 0 bridgehead atoms. The highest BCUT2D eigenvalue weighted by Gasteiger charge is 2.27. The van der Waals surface area contributed by atoms with Gasteiger partial charge in [-0.3, -0.25) is 0 Å². The van der Waals surface area contributed by atoms with Crippen molar-refractivity contribution in [2.24, 2.45) is 5.73 Å². The zero-order valence-corrected chi connectivity index (χ0v) is 8.27. The Kier molecular flexibility index (Phi) is 2.59. The fourth-order valence-corrected chi connectivity index (χ4v) is 1.57. The zero-order valence-electron chi connectivity index (χ0n) is 8.27. The number of hydrogen-bond acceptors (Lipinski definition) is 3. The van der Waals surface area contributed by atoms with Crippen molar-refractivity contribution in [2.75, 3.05) is 7.11 Å². The van der Waals surface area contributed by atoms with Crippen LogP contribution in [0.1, 0.15) is 12.8 Å². The molecule has 0 radical (unpaired) electrons. The van der Waals surface area contributed by atoms with Crippen molar-refractivity contribution in [3.63, 3.8) is 0 Å². The van der Waals surface area contributed by atoms with Gasteiger partial charge in [0.05, 0.1) is 7.11 Å². The van der Waals surface area contributed by atoms with E-state index in [4.69, 9.17) is 15.2 Å². The van der Waals surface area contributed by atoms with Gasteiger partial charge in [-0.05, 0) is 25.0 Å². The van der Waals surface area contributed by atoms with E-state index in [0.29, 0.717) is 6.04 Å². The van der Waals surface area contributed by atoms with E-state index in [1.165, 1.54) is 0 Å². The lowest BCUT2D eigenvalue weighted by atomic mass is 9.90. The molecule has 0 atom stereocenters. The minimum Gasteiger partial charge on any atom is -0.497 e. The van der Waals surface area contributed by atoms with Crippen LogP contribution in [0.4, 0.5) is 0 Å². The summed E-state index contributed by atoms with van der Waals surface area (Å²) >= 11 is 0. The van der Waals surface area contributed by atoms with Gasteiger partial charge >= 0.3 is 0 Å². The van der Waals surface area contributed by atoms with Crippen LogP contribution >= 0.6 is 0 Å². The van der Waals surface area contributed by atoms with Crippen LogP contribution in [0.5, 0.6) is 11.5 Å². The Bertz CT molecular complexity index is 308. The van der Waals surface area contributed by atoms with Gasteiger partial charge in [-0.2, -0.15) is 0 Å².